The van der Waals surface area contributed by atoms with E-state index in [0.717, 1.165) is 9.13 Å². The Morgan fingerprint density at radius 3 is 2.04 bits per heavy atom. The summed E-state index contributed by atoms with van der Waals surface area (Å²) in [6.07, 6.45) is 1.20. The fraction of sp³-hybridized carbons (Fsp3) is 0.125. The smallest absolute Gasteiger partial charge is 0.176 e. The van der Waals surface area contributed by atoms with E-state index in [1.165, 1.54) is 6.26 Å². The molecule has 0 fully saturated rings. The number of sulfone groups is 1. The lowest BCUT2D eigenvalue weighted by Gasteiger charge is -2.09. The molecule has 3 aromatic rings. The number of hydrogen-bond acceptors (Lipinski definition) is 4. The van der Waals surface area contributed by atoms with Gasteiger partial charge in [-0.3, -0.25) is 0 Å². The highest BCUT2D eigenvalue weighted by Gasteiger charge is 2.20. The number of benzene rings is 2. The summed E-state index contributed by atoms with van der Waals surface area (Å²) in [5, 5.41) is 8.48. The van der Waals surface area contributed by atoms with Crippen molar-refractivity contribution in [1.82, 2.24) is 14.8 Å². The highest BCUT2D eigenvalue weighted by molar-refractivity contribution is 14.1. The van der Waals surface area contributed by atoms with Crippen molar-refractivity contribution in [2.75, 3.05) is 6.26 Å². The summed E-state index contributed by atoms with van der Waals surface area (Å²) in [5.74, 6) is 1.23. The van der Waals surface area contributed by atoms with Crippen molar-refractivity contribution in [2.24, 2.45) is 7.05 Å². The van der Waals surface area contributed by atoms with Crippen LogP contribution in [-0.4, -0.2) is 29.4 Å². The lowest BCUT2D eigenvalue weighted by atomic mass is 10.2. The van der Waals surface area contributed by atoms with Gasteiger partial charge in [0.15, 0.2) is 21.5 Å². The summed E-state index contributed by atoms with van der Waals surface area (Å²) < 4.78 is 26.9. The number of rotatable bonds is 3. The summed E-state index contributed by atoms with van der Waals surface area (Å²) in [6, 6.07) is 14.7. The predicted molar refractivity (Wildman–Crippen MR) is 97.7 cm³/mol. The van der Waals surface area contributed by atoms with Gasteiger partial charge < -0.3 is 4.57 Å². The van der Waals surface area contributed by atoms with Crippen molar-refractivity contribution >= 4 is 32.4 Å². The first kappa shape index (κ1) is 16.1. The van der Waals surface area contributed by atoms with E-state index >= 15 is 0 Å². The van der Waals surface area contributed by atoms with Gasteiger partial charge in [0.2, 0.25) is 0 Å². The molecule has 0 N–H and O–H groups in total. The molecule has 2 aromatic carbocycles. The van der Waals surface area contributed by atoms with Crippen molar-refractivity contribution in [3.63, 3.8) is 0 Å². The van der Waals surface area contributed by atoms with Gasteiger partial charge in [0.05, 0.1) is 4.90 Å². The quantitative estimate of drug-likeness (QED) is 0.589. The van der Waals surface area contributed by atoms with Crippen molar-refractivity contribution in [2.45, 2.75) is 4.90 Å². The third-order valence-corrected chi connectivity index (χ3v) is 5.61. The van der Waals surface area contributed by atoms with Crippen LogP contribution in [0.25, 0.3) is 22.8 Å². The third kappa shape index (κ3) is 3.02. The molecule has 0 aliphatic carbocycles. The Kier molecular flexibility index (Phi) is 4.24. The van der Waals surface area contributed by atoms with Gasteiger partial charge in [-0.15, -0.1) is 10.2 Å². The zero-order chi connectivity index (χ0) is 16.6. The van der Waals surface area contributed by atoms with Crippen molar-refractivity contribution in [3.05, 3.63) is 52.1 Å². The van der Waals surface area contributed by atoms with Crippen molar-refractivity contribution < 1.29 is 8.42 Å². The molecule has 0 saturated carbocycles. The summed E-state index contributed by atoms with van der Waals surface area (Å²) in [6.45, 7) is 0. The average Bonchev–Trinajstić information content (AvgIpc) is 2.88. The molecule has 0 unspecified atom stereocenters. The zero-order valence-corrected chi connectivity index (χ0v) is 15.5. The van der Waals surface area contributed by atoms with E-state index in [4.69, 9.17) is 0 Å². The minimum absolute atomic E-state index is 0.254. The SMILES string of the molecule is Cn1c(-c2ccccc2I)nnc1-c1ccccc1S(C)(=O)=O. The first-order chi connectivity index (χ1) is 10.9. The zero-order valence-electron chi connectivity index (χ0n) is 12.6. The Morgan fingerprint density at radius 1 is 0.913 bits per heavy atom. The molecule has 0 spiro atoms. The van der Waals surface area contributed by atoms with E-state index in [9.17, 15) is 8.42 Å². The highest BCUT2D eigenvalue weighted by Crippen LogP contribution is 2.29. The standard InChI is InChI=1S/C16H14IN3O2S/c1-20-15(11-7-3-5-9-13(11)17)18-19-16(20)12-8-4-6-10-14(12)23(2,21)22/h3-10H,1-2H3. The van der Waals surface area contributed by atoms with Crippen LogP contribution in [-0.2, 0) is 16.9 Å². The maximum absolute atomic E-state index is 12.0. The average molecular weight is 439 g/mol. The lowest BCUT2D eigenvalue weighted by Crippen LogP contribution is -2.03. The fourth-order valence-electron chi connectivity index (χ4n) is 2.42. The number of aromatic nitrogens is 3. The van der Waals surface area contributed by atoms with Crippen molar-refractivity contribution in [3.8, 4) is 22.8 Å². The van der Waals surface area contributed by atoms with Crippen LogP contribution >= 0.6 is 22.6 Å². The Bertz CT molecular complexity index is 980. The third-order valence-electron chi connectivity index (χ3n) is 3.52. The molecule has 0 radical (unpaired) electrons. The molecule has 7 heteroatoms. The Balaban J connectivity index is 2.21. The Morgan fingerprint density at radius 2 is 1.43 bits per heavy atom. The van der Waals surface area contributed by atoms with Crippen molar-refractivity contribution in [1.29, 1.82) is 0 Å². The van der Waals surface area contributed by atoms with E-state index in [-0.39, 0.29) is 4.90 Å². The molecular weight excluding hydrogens is 425 g/mol. The van der Waals surface area contributed by atoms with E-state index < -0.39 is 9.84 Å². The monoisotopic (exact) mass is 439 g/mol. The molecule has 23 heavy (non-hydrogen) atoms. The first-order valence-corrected chi connectivity index (χ1v) is 9.80. The molecule has 5 nitrogen and oxygen atoms in total. The first-order valence-electron chi connectivity index (χ1n) is 6.83. The van der Waals surface area contributed by atoms with Gasteiger partial charge in [-0.25, -0.2) is 8.42 Å². The maximum atomic E-state index is 12.0. The van der Waals surface area contributed by atoms with Crippen LogP contribution in [0.3, 0.4) is 0 Å². The van der Waals surface area contributed by atoms with Crippen LogP contribution in [0, 0.1) is 3.57 Å². The van der Waals surface area contributed by atoms with Gasteiger partial charge in [0.1, 0.15) is 0 Å². The second-order valence-electron chi connectivity index (χ2n) is 5.15. The molecule has 1 heterocycles. The normalized spacial score (nSPS) is 11.6. The molecule has 0 aliphatic heterocycles. The number of hydrogen-bond donors (Lipinski definition) is 0. The predicted octanol–water partition coefficient (Wildman–Crippen LogP) is 3.16. The molecular formula is C16H14IN3O2S. The molecule has 0 amide bonds. The minimum Gasteiger partial charge on any atom is -0.310 e. The van der Waals surface area contributed by atoms with Crippen LogP contribution in [0.15, 0.2) is 53.4 Å². The van der Waals surface area contributed by atoms with Gasteiger partial charge in [-0.05, 0) is 40.8 Å². The molecule has 0 bridgehead atoms. The molecule has 0 atom stereocenters. The van der Waals surface area contributed by atoms with Crippen LogP contribution < -0.4 is 0 Å². The van der Waals surface area contributed by atoms with E-state index in [1.54, 1.807) is 24.3 Å². The molecule has 118 valence electrons. The molecule has 0 aliphatic rings. The second-order valence-corrected chi connectivity index (χ2v) is 8.30. The summed E-state index contributed by atoms with van der Waals surface area (Å²) >= 11 is 2.25. The van der Waals surface area contributed by atoms with E-state index in [1.807, 2.05) is 35.9 Å². The summed E-state index contributed by atoms with van der Waals surface area (Å²) in [4.78, 5) is 0.254. The topological polar surface area (TPSA) is 64.8 Å². The number of nitrogens with zero attached hydrogens (tertiary/aromatic N) is 3. The van der Waals surface area contributed by atoms with Gasteiger partial charge in [0.25, 0.3) is 0 Å². The van der Waals surface area contributed by atoms with E-state index in [2.05, 4.69) is 32.8 Å². The molecule has 1 aromatic heterocycles. The van der Waals surface area contributed by atoms with Crippen LogP contribution in [0.1, 0.15) is 0 Å². The molecule has 3 rings (SSSR count). The van der Waals surface area contributed by atoms with Gasteiger partial charge >= 0.3 is 0 Å². The van der Waals surface area contributed by atoms with Gasteiger partial charge in [-0.1, -0.05) is 30.3 Å². The summed E-state index contributed by atoms with van der Waals surface area (Å²) in [7, 11) is -1.50. The minimum atomic E-state index is -3.34. The van der Waals surface area contributed by atoms with Crippen LogP contribution in [0.2, 0.25) is 0 Å². The van der Waals surface area contributed by atoms with Gasteiger partial charge in [0, 0.05) is 28.0 Å². The Labute approximate surface area is 148 Å². The maximum Gasteiger partial charge on any atom is 0.176 e. The molecule has 0 saturated heterocycles. The van der Waals surface area contributed by atoms with Crippen LogP contribution in [0.5, 0.6) is 0 Å². The van der Waals surface area contributed by atoms with Crippen LogP contribution in [0.4, 0.5) is 0 Å². The van der Waals surface area contributed by atoms with Gasteiger partial charge in [-0.2, -0.15) is 0 Å². The largest absolute Gasteiger partial charge is 0.310 e. The summed E-state index contributed by atoms with van der Waals surface area (Å²) in [5.41, 5.74) is 1.52. The van der Waals surface area contributed by atoms with E-state index in [0.29, 0.717) is 17.2 Å². The lowest BCUT2D eigenvalue weighted by molar-refractivity contribution is 0.602. The highest BCUT2D eigenvalue weighted by atomic mass is 127. The fourth-order valence-corrected chi connectivity index (χ4v) is 3.93. The Hall–Kier alpha value is -1.74. The number of halogens is 1. The second kappa shape index (κ2) is 6.04.